The molecular formula is C10H24ClN3O2S. The molecule has 0 aromatic rings. The molecule has 0 heterocycles. The second-order valence-corrected chi connectivity index (χ2v) is 6.82. The molecule has 0 spiro atoms. The highest BCUT2D eigenvalue weighted by molar-refractivity contribution is 7.86. The van der Waals surface area contributed by atoms with Gasteiger partial charge in [-0.2, -0.15) is 17.0 Å². The molecule has 0 amide bonds. The van der Waals surface area contributed by atoms with E-state index in [9.17, 15) is 8.42 Å². The van der Waals surface area contributed by atoms with E-state index in [0.717, 1.165) is 12.8 Å². The van der Waals surface area contributed by atoms with Crippen molar-refractivity contribution < 1.29 is 8.42 Å². The highest BCUT2D eigenvalue weighted by Gasteiger charge is 2.39. The monoisotopic (exact) mass is 285 g/mol. The lowest BCUT2D eigenvalue weighted by Gasteiger charge is -2.32. The van der Waals surface area contributed by atoms with Crippen molar-refractivity contribution in [2.45, 2.75) is 38.8 Å². The molecule has 1 rings (SSSR count). The van der Waals surface area contributed by atoms with Gasteiger partial charge in [0.05, 0.1) is 0 Å². The first-order chi connectivity index (χ1) is 7.32. The summed E-state index contributed by atoms with van der Waals surface area (Å²) in [5, 5.41) is 0. The molecule has 1 atom stereocenters. The molecule has 0 aliphatic heterocycles. The Bertz CT molecular complexity index is 330. The van der Waals surface area contributed by atoms with E-state index in [1.165, 1.54) is 8.61 Å². The van der Waals surface area contributed by atoms with Gasteiger partial charge in [0.15, 0.2) is 0 Å². The molecule has 0 saturated heterocycles. The summed E-state index contributed by atoms with van der Waals surface area (Å²) in [5.41, 5.74) is 5.66. The Morgan fingerprint density at radius 3 is 2.00 bits per heavy atom. The average Bonchev–Trinajstić information content (AvgIpc) is 3.01. The first kappa shape index (κ1) is 17.1. The van der Waals surface area contributed by atoms with Crippen LogP contribution in [-0.4, -0.2) is 49.8 Å². The summed E-state index contributed by atoms with van der Waals surface area (Å²) < 4.78 is 27.2. The average molecular weight is 286 g/mol. The predicted molar refractivity (Wildman–Crippen MR) is 72.4 cm³/mol. The lowest BCUT2D eigenvalue weighted by molar-refractivity contribution is 0.297. The van der Waals surface area contributed by atoms with Gasteiger partial charge in [-0.1, -0.05) is 0 Å². The van der Waals surface area contributed by atoms with Gasteiger partial charge in [-0.15, -0.1) is 12.4 Å². The van der Waals surface area contributed by atoms with E-state index >= 15 is 0 Å². The molecule has 104 valence electrons. The maximum atomic E-state index is 12.2. The number of hydrogen-bond acceptors (Lipinski definition) is 3. The van der Waals surface area contributed by atoms with Crippen LogP contribution in [0.2, 0.25) is 0 Å². The van der Waals surface area contributed by atoms with Gasteiger partial charge in [0, 0.05) is 32.7 Å². The van der Waals surface area contributed by atoms with Crippen LogP contribution in [0.4, 0.5) is 0 Å². The first-order valence-electron chi connectivity index (χ1n) is 5.73. The van der Waals surface area contributed by atoms with Crippen LogP contribution in [0.3, 0.4) is 0 Å². The van der Waals surface area contributed by atoms with Crippen LogP contribution in [-0.2, 0) is 10.2 Å². The lowest BCUT2D eigenvalue weighted by Crippen LogP contribution is -2.50. The number of nitrogens with two attached hydrogens (primary N) is 1. The number of rotatable bonds is 6. The number of hydrogen-bond donors (Lipinski definition) is 1. The van der Waals surface area contributed by atoms with Gasteiger partial charge < -0.3 is 5.73 Å². The maximum absolute atomic E-state index is 12.2. The van der Waals surface area contributed by atoms with Crippen LogP contribution < -0.4 is 5.73 Å². The van der Waals surface area contributed by atoms with Crippen LogP contribution in [0.1, 0.15) is 26.7 Å². The second kappa shape index (κ2) is 6.33. The SMILES string of the molecule is CC(C)N(C)S(=O)(=O)N(C)C(CN)C1CC1.Cl. The zero-order valence-corrected chi connectivity index (χ0v) is 12.6. The highest BCUT2D eigenvalue weighted by atomic mass is 35.5. The number of halogens is 1. The van der Waals surface area contributed by atoms with Gasteiger partial charge in [-0.05, 0) is 32.6 Å². The molecule has 0 radical (unpaired) electrons. The second-order valence-electron chi connectivity index (χ2n) is 4.77. The Morgan fingerprint density at radius 1 is 1.24 bits per heavy atom. The Hall–Kier alpha value is 0.120. The lowest BCUT2D eigenvalue weighted by atomic mass is 10.2. The largest absolute Gasteiger partial charge is 0.329 e. The molecule has 1 aliphatic rings. The fourth-order valence-electron chi connectivity index (χ4n) is 1.76. The van der Waals surface area contributed by atoms with E-state index < -0.39 is 10.2 Å². The molecule has 1 fully saturated rings. The Balaban J connectivity index is 0.00000256. The minimum Gasteiger partial charge on any atom is -0.329 e. The topological polar surface area (TPSA) is 66.6 Å². The zero-order valence-electron chi connectivity index (χ0n) is 11.0. The molecule has 17 heavy (non-hydrogen) atoms. The summed E-state index contributed by atoms with van der Waals surface area (Å²) in [7, 11) is -0.131. The Morgan fingerprint density at radius 2 is 1.71 bits per heavy atom. The van der Waals surface area contributed by atoms with Gasteiger partial charge in [0.25, 0.3) is 10.2 Å². The third kappa shape index (κ3) is 3.79. The summed E-state index contributed by atoms with van der Waals surface area (Å²) in [6, 6.07) is -0.0868. The quantitative estimate of drug-likeness (QED) is 0.780. The van der Waals surface area contributed by atoms with Crippen molar-refractivity contribution in [1.29, 1.82) is 0 Å². The van der Waals surface area contributed by atoms with Gasteiger partial charge in [-0.25, -0.2) is 0 Å². The van der Waals surface area contributed by atoms with Crippen molar-refractivity contribution in [2.24, 2.45) is 11.7 Å². The highest BCUT2D eigenvalue weighted by Crippen LogP contribution is 2.35. The molecular weight excluding hydrogens is 262 g/mol. The van der Waals surface area contributed by atoms with Crippen LogP contribution in [0.5, 0.6) is 0 Å². The van der Waals surface area contributed by atoms with Crippen molar-refractivity contribution in [3.05, 3.63) is 0 Å². The minimum absolute atomic E-state index is 0. The summed E-state index contributed by atoms with van der Waals surface area (Å²) in [5.74, 6) is 0.449. The first-order valence-corrected chi connectivity index (χ1v) is 7.13. The summed E-state index contributed by atoms with van der Waals surface area (Å²) >= 11 is 0. The van der Waals surface area contributed by atoms with E-state index in [1.807, 2.05) is 13.8 Å². The molecule has 1 saturated carbocycles. The van der Waals surface area contributed by atoms with Crippen LogP contribution in [0.15, 0.2) is 0 Å². The molecule has 1 unspecified atom stereocenters. The van der Waals surface area contributed by atoms with Crippen molar-refractivity contribution >= 4 is 22.6 Å². The van der Waals surface area contributed by atoms with Gasteiger partial charge in [-0.3, -0.25) is 0 Å². The molecule has 7 heteroatoms. The van der Waals surface area contributed by atoms with E-state index in [1.54, 1.807) is 14.1 Å². The van der Waals surface area contributed by atoms with Crippen molar-refractivity contribution in [1.82, 2.24) is 8.61 Å². The molecule has 5 nitrogen and oxygen atoms in total. The molecule has 0 aromatic carbocycles. The van der Waals surface area contributed by atoms with E-state index in [2.05, 4.69) is 0 Å². The Labute approximate surface area is 111 Å². The summed E-state index contributed by atoms with van der Waals surface area (Å²) in [4.78, 5) is 0. The van der Waals surface area contributed by atoms with Gasteiger partial charge >= 0.3 is 0 Å². The fraction of sp³-hybridized carbons (Fsp3) is 1.00. The number of likely N-dealkylation sites (N-methyl/N-ethyl adjacent to an activating group) is 1. The van der Waals surface area contributed by atoms with Gasteiger partial charge in [0.2, 0.25) is 0 Å². The maximum Gasteiger partial charge on any atom is 0.282 e. The minimum atomic E-state index is -3.37. The number of nitrogens with zero attached hydrogens (tertiary/aromatic N) is 2. The smallest absolute Gasteiger partial charge is 0.282 e. The zero-order chi connectivity index (χ0) is 12.5. The van der Waals surface area contributed by atoms with Crippen LogP contribution >= 0.6 is 12.4 Å². The van der Waals surface area contributed by atoms with Crippen molar-refractivity contribution in [2.75, 3.05) is 20.6 Å². The van der Waals surface area contributed by atoms with E-state index in [-0.39, 0.29) is 24.5 Å². The normalized spacial score (nSPS) is 18.6. The summed E-state index contributed by atoms with van der Waals surface area (Å²) in [6.07, 6.45) is 2.18. The molecule has 1 aliphatic carbocycles. The molecule has 0 bridgehead atoms. The fourth-order valence-corrected chi connectivity index (χ4v) is 3.30. The Kier molecular flexibility index (Phi) is 6.38. The predicted octanol–water partition coefficient (Wildman–Crippen LogP) is 0.662. The van der Waals surface area contributed by atoms with Crippen molar-refractivity contribution in [3.8, 4) is 0 Å². The van der Waals surface area contributed by atoms with Crippen molar-refractivity contribution in [3.63, 3.8) is 0 Å². The molecule has 0 aromatic heterocycles. The third-order valence-electron chi connectivity index (χ3n) is 3.33. The summed E-state index contributed by atoms with van der Waals surface area (Å²) in [6.45, 7) is 4.12. The molecule has 2 N–H and O–H groups in total. The van der Waals surface area contributed by atoms with Gasteiger partial charge in [0.1, 0.15) is 0 Å². The third-order valence-corrected chi connectivity index (χ3v) is 5.48. The van der Waals surface area contributed by atoms with E-state index in [4.69, 9.17) is 5.73 Å². The van der Waals surface area contributed by atoms with Crippen LogP contribution in [0.25, 0.3) is 0 Å². The van der Waals surface area contributed by atoms with E-state index in [0.29, 0.717) is 12.5 Å². The standard InChI is InChI=1S/C10H23N3O2S.ClH/c1-8(2)12(3)16(14,15)13(4)10(7-11)9-5-6-9;/h8-10H,5-7,11H2,1-4H3;1H. The van der Waals surface area contributed by atoms with Crippen LogP contribution in [0, 0.1) is 5.92 Å².